The van der Waals surface area contributed by atoms with E-state index in [2.05, 4.69) is 25.3 Å². The van der Waals surface area contributed by atoms with Crippen molar-refractivity contribution in [2.24, 2.45) is 0 Å². The van der Waals surface area contributed by atoms with Crippen molar-refractivity contribution in [3.05, 3.63) is 36.5 Å². The van der Waals surface area contributed by atoms with Crippen molar-refractivity contribution in [1.82, 2.24) is 19.9 Å². The number of hydrogen-bond donors (Lipinski definition) is 3. The maximum Gasteiger partial charge on any atom is 0.212 e. The highest BCUT2D eigenvalue weighted by molar-refractivity contribution is 6.00. The third kappa shape index (κ3) is 3.21. The van der Waals surface area contributed by atoms with Crippen LogP contribution < -0.4 is 10.1 Å². The van der Waals surface area contributed by atoms with E-state index in [1.54, 1.807) is 18.3 Å². The van der Waals surface area contributed by atoms with Gasteiger partial charge in [-0.15, -0.1) is 0 Å². The van der Waals surface area contributed by atoms with Crippen LogP contribution in [0.15, 0.2) is 30.7 Å². The Hall–Kier alpha value is -3.42. The molecule has 1 saturated carbocycles. The lowest BCUT2D eigenvalue weighted by molar-refractivity contribution is -0.105. The quantitative estimate of drug-likeness (QED) is 0.475. The van der Waals surface area contributed by atoms with Crippen LogP contribution >= 0.6 is 0 Å². The number of nitrogens with one attached hydrogen (secondary N) is 3. The Labute approximate surface area is 154 Å². The number of methoxy groups -OCH3 is 1. The molecule has 4 aromatic rings. The van der Waals surface area contributed by atoms with Crippen LogP contribution in [0.4, 0.5) is 10.2 Å². The molecule has 0 bridgehead atoms. The molecule has 0 unspecified atom stereocenters. The number of halogens is 1. The molecule has 1 fully saturated rings. The number of ether oxygens (including phenoxy) is 1. The number of aromatic nitrogens is 4. The second-order valence-electron chi connectivity index (χ2n) is 6.18. The molecule has 0 radical (unpaired) electrons. The van der Waals surface area contributed by atoms with Crippen LogP contribution in [0.2, 0.25) is 0 Å². The molecule has 7 nitrogen and oxygen atoms in total. The van der Waals surface area contributed by atoms with E-state index in [0.717, 1.165) is 10.9 Å². The second-order valence-corrected chi connectivity index (χ2v) is 6.18. The highest BCUT2D eigenvalue weighted by Crippen LogP contribution is 2.39. The summed E-state index contributed by atoms with van der Waals surface area (Å²) in [5.41, 5.74) is 2.61. The molecule has 0 saturated heterocycles. The smallest absolute Gasteiger partial charge is 0.212 e. The first-order valence-electron chi connectivity index (χ1n) is 8.61. The van der Waals surface area contributed by atoms with Crippen molar-refractivity contribution < 1.29 is 13.9 Å². The van der Waals surface area contributed by atoms with Crippen molar-refractivity contribution in [1.29, 1.82) is 0 Å². The topological polar surface area (TPSA) is 95.7 Å². The number of pyridine rings is 1. The van der Waals surface area contributed by atoms with E-state index >= 15 is 0 Å². The SMILES string of the molecule is C1CC1.COc1c(-c2c[nH]c3nc(NC=O)ccc23)cc(F)c2nc[nH]c12. The van der Waals surface area contributed by atoms with Crippen molar-refractivity contribution in [2.45, 2.75) is 19.3 Å². The van der Waals surface area contributed by atoms with Crippen molar-refractivity contribution in [2.75, 3.05) is 12.4 Å². The van der Waals surface area contributed by atoms with E-state index in [1.165, 1.54) is 38.8 Å². The molecule has 27 heavy (non-hydrogen) atoms. The number of rotatable bonds is 4. The van der Waals surface area contributed by atoms with Crippen LogP contribution in [0.1, 0.15) is 19.3 Å². The average molecular weight is 367 g/mol. The highest BCUT2D eigenvalue weighted by Gasteiger charge is 2.19. The van der Waals surface area contributed by atoms with Gasteiger partial charge in [-0.3, -0.25) is 4.79 Å². The van der Waals surface area contributed by atoms with Gasteiger partial charge < -0.3 is 20.0 Å². The summed E-state index contributed by atoms with van der Waals surface area (Å²) in [4.78, 5) is 24.7. The van der Waals surface area contributed by atoms with Gasteiger partial charge in [0.2, 0.25) is 6.41 Å². The number of amides is 1. The number of carbonyl (C=O) groups excluding carboxylic acids is 1. The molecule has 8 heteroatoms. The Morgan fingerprint density at radius 2 is 2.04 bits per heavy atom. The average Bonchev–Trinajstić information content (AvgIpc) is 3.37. The summed E-state index contributed by atoms with van der Waals surface area (Å²) in [6.45, 7) is 0. The first-order valence-corrected chi connectivity index (χ1v) is 8.61. The van der Waals surface area contributed by atoms with E-state index < -0.39 is 5.82 Å². The van der Waals surface area contributed by atoms with Crippen molar-refractivity contribution in [3.63, 3.8) is 0 Å². The maximum absolute atomic E-state index is 14.3. The molecule has 1 aromatic carbocycles. The van der Waals surface area contributed by atoms with E-state index in [0.29, 0.717) is 34.7 Å². The van der Waals surface area contributed by atoms with Gasteiger partial charge in [0.05, 0.1) is 13.4 Å². The molecule has 3 aromatic heterocycles. The summed E-state index contributed by atoms with van der Waals surface area (Å²) < 4.78 is 19.8. The number of anilines is 1. The van der Waals surface area contributed by atoms with Gasteiger partial charge in [0, 0.05) is 22.7 Å². The number of H-pyrrole nitrogens is 2. The Balaban J connectivity index is 0.000000547. The fourth-order valence-electron chi connectivity index (χ4n) is 2.82. The summed E-state index contributed by atoms with van der Waals surface area (Å²) in [5.74, 6) is 0.483. The molecule has 3 heterocycles. The molecule has 1 amide bonds. The zero-order valence-corrected chi connectivity index (χ0v) is 14.7. The maximum atomic E-state index is 14.3. The number of nitrogens with zero attached hydrogens (tertiary/aromatic N) is 2. The number of benzene rings is 1. The number of imidazole rings is 1. The minimum absolute atomic E-state index is 0.228. The standard InChI is InChI=1S/C16H12FN5O2.C3H6/c1-24-15-9(4-11(17)13-14(15)20-6-19-13)10-5-18-16-8(10)2-3-12(22-16)21-7-23;1-2-3-1/h2-7H,1H3,(H,19,20)(H2,18,21,22,23);1-3H2. The van der Waals surface area contributed by atoms with Gasteiger partial charge in [0.1, 0.15) is 22.5 Å². The largest absolute Gasteiger partial charge is 0.494 e. The van der Waals surface area contributed by atoms with Crippen molar-refractivity contribution >= 4 is 34.3 Å². The summed E-state index contributed by atoms with van der Waals surface area (Å²) in [6, 6.07) is 4.86. The Bertz CT molecular complexity index is 1110. The molecular formula is C19H18FN5O2. The normalized spacial score (nSPS) is 12.5. The summed E-state index contributed by atoms with van der Waals surface area (Å²) in [6.07, 6.45) is 8.21. The van der Waals surface area contributed by atoms with Gasteiger partial charge in [-0.05, 0) is 18.2 Å². The third-order valence-corrected chi connectivity index (χ3v) is 4.20. The van der Waals surface area contributed by atoms with E-state index in [-0.39, 0.29) is 5.52 Å². The molecule has 0 spiro atoms. The molecule has 1 aliphatic carbocycles. The lowest BCUT2D eigenvalue weighted by atomic mass is 10.0. The van der Waals surface area contributed by atoms with Crippen LogP contribution in [0, 0.1) is 5.82 Å². The zero-order chi connectivity index (χ0) is 18.8. The van der Waals surface area contributed by atoms with E-state index in [9.17, 15) is 9.18 Å². The van der Waals surface area contributed by atoms with Gasteiger partial charge in [-0.1, -0.05) is 19.3 Å². The Kier molecular flexibility index (Phi) is 4.45. The first-order chi connectivity index (χ1) is 13.2. The lowest BCUT2D eigenvalue weighted by Gasteiger charge is -2.09. The molecule has 3 N–H and O–H groups in total. The number of aromatic amines is 2. The first kappa shape index (κ1) is 17.0. The van der Waals surface area contributed by atoms with E-state index in [1.807, 2.05) is 0 Å². The second kappa shape index (κ2) is 7.06. The van der Waals surface area contributed by atoms with Gasteiger partial charge in [0.15, 0.2) is 11.6 Å². The van der Waals surface area contributed by atoms with Crippen LogP contribution in [-0.2, 0) is 4.79 Å². The zero-order valence-electron chi connectivity index (χ0n) is 14.7. The third-order valence-electron chi connectivity index (χ3n) is 4.20. The summed E-state index contributed by atoms with van der Waals surface area (Å²) in [5, 5.41) is 3.27. The van der Waals surface area contributed by atoms with Gasteiger partial charge in [0.25, 0.3) is 0 Å². The van der Waals surface area contributed by atoms with Crippen LogP contribution in [0.3, 0.4) is 0 Å². The predicted octanol–water partition coefficient (Wildman–Crippen LogP) is 3.99. The molecule has 138 valence electrons. The summed E-state index contributed by atoms with van der Waals surface area (Å²) >= 11 is 0. The predicted molar refractivity (Wildman–Crippen MR) is 101 cm³/mol. The minimum atomic E-state index is -0.441. The number of carbonyl (C=O) groups is 1. The van der Waals surface area contributed by atoms with Gasteiger partial charge in [-0.2, -0.15) is 0 Å². The summed E-state index contributed by atoms with van der Waals surface area (Å²) in [7, 11) is 1.52. The lowest BCUT2D eigenvalue weighted by Crippen LogP contribution is -1.96. The Morgan fingerprint density at radius 1 is 1.22 bits per heavy atom. The molecule has 1 aliphatic rings. The van der Waals surface area contributed by atoms with Gasteiger partial charge in [-0.25, -0.2) is 14.4 Å². The number of hydrogen-bond acceptors (Lipinski definition) is 4. The molecule has 0 aliphatic heterocycles. The fraction of sp³-hybridized carbons (Fsp3) is 0.211. The van der Waals surface area contributed by atoms with Crippen molar-refractivity contribution in [3.8, 4) is 16.9 Å². The number of fused-ring (bicyclic) bond motifs is 2. The van der Waals surface area contributed by atoms with Crippen LogP contribution in [-0.4, -0.2) is 33.5 Å². The van der Waals surface area contributed by atoms with E-state index in [4.69, 9.17) is 4.74 Å². The molecular weight excluding hydrogens is 349 g/mol. The highest BCUT2D eigenvalue weighted by atomic mass is 19.1. The molecule has 5 rings (SSSR count). The van der Waals surface area contributed by atoms with Gasteiger partial charge >= 0.3 is 0 Å². The molecule has 0 atom stereocenters. The monoisotopic (exact) mass is 367 g/mol. The van der Waals surface area contributed by atoms with Crippen LogP contribution in [0.25, 0.3) is 33.2 Å². The Morgan fingerprint density at radius 3 is 2.74 bits per heavy atom. The fourth-order valence-corrected chi connectivity index (χ4v) is 2.82. The van der Waals surface area contributed by atoms with Crippen LogP contribution in [0.5, 0.6) is 5.75 Å². The minimum Gasteiger partial charge on any atom is -0.494 e.